The number of thiocarbonyl (C=S) groups is 1. The van der Waals surface area contributed by atoms with Gasteiger partial charge in [0.15, 0.2) is 0 Å². The Morgan fingerprint density at radius 3 is 2.80 bits per heavy atom. The molecule has 1 amide bonds. The standard InChI is InChI=1S/C10H10N2O2S/c1-7-5-8(14-2)3-4-9(7)10(13)12-11-6-15/h3-6H,1-2H3. The summed E-state index contributed by atoms with van der Waals surface area (Å²) in [5.74, 6) is 0.298. The average Bonchev–Trinajstić information content (AvgIpc) is 2.25. The Bertz CT molecular complexity index is 416. The topological polar surface area (TPSA) is 51.0 Å². The Kier molecular flexibility index (Phi) is 4.05. The Morgan fingerprint density at radius 1 is 1.53 bits per heavy atom. The lowest BCUT2D eigenvalue weighted by Crippen LogP contribution is -1.98. The number of aryl methyl sites for hydroxylation is 1. The highest BCUT2D eigenvalue weighted by Gasteiger charge is 2.08. The molecule has 0 unspecified atom stereocenters. The van der Waals surface area contributed by atoms with Crippen molar-refractivity contribution in [2.45, 2.75) is 6.92 Å². The largest absolute Gasteiger partial charge is 0.497 e. The summed E-state index contributed by atoms with van der Waals surface area (Å²) < 4.78 is 5.02. The maximum atomic E-state index is 11.5. The summed E-state index contributed by atoms with van der Waals surface area (Å²) in [6.07, 6.45) is 0. The monoisotopic (exact) mass is 222 g/mol. The first-order valence-electron chi connectivity index (χ1n) is 4.22. The molecule has 4 nitrogen and oxygen atoms in total. The number of hydrogen-bond acceptors (Lipinski definition) is 3. The maximum absolute atomic E-state index is 11.5. The van der Waals surface area contributed by atoms with Crippen molar-refractivity contribution < 1.29 is 9.53 Å². The Balaban J connectivity index is 3.00. The van der Waals surface area contributed by atoms with Crippen molar-refractivity contribution in [2.75, 3.05) is 7.11 Å². The van der Waals surface area contributed by atoms with Gasteiger partial charge in [-0.25, -0.2) is 0 Å². The van der Waals surface area contributed by atoms with Crippen molar-refractivity contribution in [1.29, 1.82) is 0 Å². The van der Waals surface area contributed by atoms with Crippen LogP contribution in [0.3, 0.4) is 0 Å². The molecule has 5 heteroatoms. The van der Waals surface area contributed by atoms with E-state index in [1.54, 1.807) is 25.3 Å². The number of carbonyl (C=O) groups excluding carboxylic acids is 1. The van der Waals surface area contributed by atoms with Crippen LogP contribution in [0.2, 0.25) is 0 Å². The zero-order chi connectivity index (χ0) is 11.3. The van der Waals surface area contributed by atoms with Crippen molar-refractivity contribution in [3.63, 3.8) is 0 Å². The van der Waals surface area contributed by atoms with Crippen LogP contribution in [0.5, 0.6) is 5.75 Å². The van der Waals surface area contributed by atoms with Gasteiger partial charge in [-0.3, -0.25) is 4.79 Å². The van der Waals surface area contributed by atoms with Crippen LogP contribution in [-0.2, 0) is 0 Å². The molecule has 0 saturated heterocycles. The van der Waals surface area contributed by atoms with E-state index in [0.717, 1.165) is 11.1 Å². The molecule has 78 valence electrons. The summed E-state index contributed by atoms with van der Waals surface area (Å²) in [7, 11) is 1.57. The second-order valence-electron chi connectivity index (χ2n) is 2.81. The van der Waals surface area contributed by atoms with Crippen LogP contribution < -0.4 is 4.74 Å². The van der Waals surface area contributed by atoms with Gasteiger partial charge < -0.3 is 4.74 Å². The average molecular weight is 222 g/mol. The van der Waals surface area contributed by atoms with Crippen LogP contribution in [0.1, 0.15) is 15.9 Å². The lowest BCUT2D eigenvalue weighted by Gasteiger charge is -2.03. The molecule has 0 aliphatic heterocycles. The normalized spacial score (nSPS) is 10.3. The quantitative estimate of drug-likeness (QED) is 0.583. The fourth-order valence-electron chi connectivity index (χ4n) is 1.13. The number of methoxy groups -OCH3 is 1. The second kappa shape index (κ2) is 5.31. The third-order valence-corrected chi connectivity index (χ3v) is 1.95. The van der Waals surface area contributed by atoms with E-state index < -0.39 is 5.91 Å². The third-order valence-electron chi connectivity index (χ3n) is 1.86. The van der Waals surface area contributed by atoms with E-state index in [9.17, 15) is 4.79 Å². The van der Waals surface area contributed by atoms with Crippen LogP contribution >= 0.6 is 12.2 Å². The molecule has 0 aliphatic carbocycles. The molecule has 0 atom stereocenters. The summed E-state index contributed by atoms with van der Waals surface area (Å²) >= 11 is 4.44. The predicted molar refractivity (Wildman–Crippen MR) is 60.6 cm³/mol. The molecule has 0 heterocycles. The first-order chi connectivity index (χ1) is 7.19. The predicted octanol–water partition coefficient (Wildman–Crippen LogP) is 2.55. The van der Waals surface area contributed by atoms with Crippen molar-refractivity contribution in [2.24, 2.45) is 10.2 Å². The number of carbonyl (C=O) groups is 1. The van der Waals surface area contributed by atoms with E-state index >= 15 is 0 Å². The minimum Gasteiger partial charge on any atom is -0.497 e. The van der Waals surface area contributed by atoms with Gasteiger partial charge in [0.05, 0.1) is 7.11 Å². The van der Waals surface area contributed by atoms with Gasteiger partial charge in [-0.2, -0.15) is 0 Å². The van der Waals surface area contributed by atoms with Gasteiger partial charge in [-0.1, -0.05) is 12.2 Å². The van der Waals surface area contributed by atoms with Crippen LogP contribution in [0.15, 0.2) is 28.4 Å². The number of benzene rings is 1. The first-order valence-corrected chi connectivity index (χ1v) is 4.69. The third kappa shape index (κ3) is 2.92. The van der Waals surface area contributed by atoms with Crippen LogP contribution in [-0.4, -0.2) is 18.5 Å². The van der Waals surface area contributed by atoms with E-state index in [2.05, 4.69) is 22.4 Å². The minimum absolute atomic E-state index is 0.406. The lowest BCUT2D eigenvalue weighted by atomic mass is 10.1. The SMILES string of the molecule is COc1ccc(C(=O)N=NC=S)c(C)c1. The van der Waals surface area contributed by atoms with Crippen molar-refractivity contribution in [3.8, 4) is 5.75 Å². The first kappa shape index (κ1) is 11.5. The zero-order valence-corrected chi connectivity index (χ0v) is 9.25. The smallest absolute Gasteiger partial charge is 0.295 e. The zero-order valence-electron chi connectivity index (χ0n) is 8.43. The molecule has 0 bridgehead atoms. The number of hydrogen-bond donors (Lipinski definition) is 0. The molecule has 0 N–H and O–H groups in total. The summed E-state index contributed by atoms with van der Waals surface area (Å²) in [5.41, 5.74) is 2.34. The highest BCUT2D eigenvalue weighted by molar-refractivity contribution is 7.78. The highest BCUT2D eigenvalue weighted by Crippen LogP contribution is 2.17. The molecule has 0 radical (unpaired) electrons. The Labute approximate surface area is 93.0 Å². The summed E-state index contributed by atoms with van der Waals surface area (Å²) in [6.45, 7) is 1.81. The van der Waals surface area contributed by atoms with E-state index in [1.807, 2.05) is 6.92 Å². The lowest BCUT2D eigenvalue weighted by molar-refractivity contribution is 0.0995. The molecular weight excluding hydrogens is 212 g/mol. The molecule has 0 spiro atoms. The van der Waals surface area contributed by atoms with Gasteiger partial charge >= 0.3 is 0 Å². The van der Waals surface area contributed by atoms with Crippen LogP contribution in [0.4, 0.5) is 0 Å². The molecule has 0 fully saturated rings. The molecule has 0 saturated carbocycles. The molecular formula is C10H10N2O2S. The van der Waals surface area contributed by atoms with E-state index in [4.69, 9.17) is 4.74 Å². The Morgan fingerprint density at radius 2 is 2.27 bits per heavy atom. The maximum Gasteiger partial charge on any atom is 0.295 e. The molecule has 0 aromatic heterocycles. The second-order valence-corrected chi connectivity index (χ2v) is 3.02. The van der Waals surface area contributed by atoms with Crippen molar-refractivity contribution in [3.05, 3.63) is 29.3 Å². The number of ether oxygens (including phenoxy) is 1. The van der Waals surface area contributed by atoms with Gasteiger partial charge in [0.2, 0.25) is 0 Å². The molecule has 1 aromatic rings. The molecule has 1 aromatic carbocycles. The van der Waals surface area contributed by atoms with Gasteiger partial charge in [-0.15, -0.1) is 10.2 Å². The highest BCUT2D eigenvalue weighted by atomic mass is 32.1. The van der Waals surface area contributed by atoms with Gasteiger partial charge in [-0.05, 0) is 30.7 Å². The summed E-state index contributed by atoms with van der Waals surface area (Å²) in [6, 6.07) is 5.12. The summed E-state index contributed by atoms with van der Waals surface area (Å²) in [5, 5.41) is 6.78. The molecule has 0 aliphatic rings. The van der Waals surface area contributed by atoms with Crippen LogP contribution in [0, 0.1) is 6.92 Å². The summed E-state index contributed by atoms with van der Waals surface area (Å²) in [4.78, 5) is 11.5. The van der Waals surface area contributed by atoms with E-state index in [0.29, 0.717) is 11.3 Å². The Hall–Kier alpha value is -1.62. The fourth-order valence-corrected chi connectivity index (χ4v) is 1.18. The van der Waals surface area contributed by atoms with Crippen molar-refractivity contribution >= 4 is 23.6 Å². The number of nitrogens with zero attached hydrogens (tertiary/aromatic N) is 2. The van der Waals surface area contributed by atoms with Gasteiger partial charge in [0.25, 0.3) is 5.91 Å². The van der Waals surface area contributed by atoms with Crippen LogP contribution in [0.25, 0.3) is 0 Å². The molecule has 15 heavy (non-hydrogen) atoms. The molecule has 1 rings (SSSR count). The minimum atomic E-state index is -0.406. The number of amides is 1. The number of rotatable bonds is 3. The van der Waals surface area contributed by atoms with E-state index in [-0.39, 0.29) is 0 Å². The van der Waals surface area contributed by atoms with E-state index in [1.165, 1.54) is 0 Å². The fraction of sp³-hybridized carbons (Fsp3) is 0.200. The van der Waals surface area contributed by atoms with Gasteiger partial charge in [0, 0.05) is 5.56 Å². The van der Waals surface area contributed by atoms with Crippen molar-refractivity contribution in [1.82, 2.24) is 0 Å². The van der Waals surface area contributed by atoms with Gasteiger partial charge in [0.1, 0.15) is 11.2 Å². The number of azo groups is 1.